The van der Waals surface area contributed by atoms with E-state index in [2.05, 4.69) is 10.3 Å². The minimum atomic E-state index is -0.563. The molecule has 1 amide bonds. The molecule has 5 N–H and O–H groups in total. The molecule has 0 aromatic carbocycles. The second kappa shape index (κ2) is 5.43. The highest BCUT2D eigenvalue weighted by molar-refractivity contribution is 5.98. The van der Waals surface area contributed by atoms with Gasteiger partial charge in [0.1, 0.15) is 11.6 Å². The van der Waals surface area contributed by atoms with Crippen LogP contribution < -0.4 is 16.8 Å². The summed E-state index contributed by atoms with van der Waals surface area (Å²) in [6.45, 7) is 1.96. The van der Waals surface area contributed by atoms with E-state index in [1.54, 1.807) is 6.26 Å². The van der Waals surface area contributed by atoms with Crippen molar-refractivity contribution in [1.82, 2.24) is 4.98 Å². The molecule has 0 radical (unpaired) electrons. The Balaban J connectivity index is 2.12. The van der Waals surface area contributed by atoms with Crippen molar-refractivity contribution in [3.05, 3.63) is 42.0 Å². The Kier molecular flexibility index (Phi) is 3.70. The number of furan rings is 1. The van der Waals surface area contributed by atoms with E-state index < -0.39 is 5.91 Å². The summed E-state index contributed by atoms with van der Waals surface area (Å²) in [6.07, 6.45) is 3.78. The van der Waals surface area contributed by atoms with Crippen LogP contribution in [-0.2, 0) is 6.42 Å². The third-order valence-electron chi connectivity index (χ3n) is 2.64. The maximum atomic E-state index is 11.3. The Morgan fingerprint density at radius 3 is 3.00 bits per heavy atom. The van der Waals surface area contributed by atoms with Gasteiger partial charge in [0.25, 0.3) is 5.91 Å². The van der Waals surface area contributed by atoms with Gasteiger partial charge in [0.15, 0.2) is 0 Å². The maximum absolute atomic E-state index is 11.3. The lowest BCUT2D eigenvalue weighted by Crippen LogP contribution is -2.22. The number of carbonyl (C=O) groups excluding carboxylic acids is 1. The monoisotopic (exact) mass is 260 g/mol. The van der Waals surface area contributed by atoms with Crippen molar-refractivity contribution < 1.29 is 9.21 Å². The topological polar surface area (TPSA) is 107 Å². The highest BCUT2D eigenvalue weighted by Gasteiger charge is 2.13. The van der Waals surface area contributed by atoms with Gasteiger partial charge in [-0.1, -0.05) is 0 Å². The Morgan fingerprint density at radius 2 is 2.37 bits per heavy atom. The molecule has 0 aliphatic heterocycles. The molecule has 100 valence electrons. The van der Waals surface area contributed by atoms with Gasteiger partial charge in [-0.3, -0.25) is 4.79 Å². The molecule has 2 rings (SSSR count). The quantitative estimate of drug-likeness (QED) is 0.753. The van der Waals surface area contributed by atoms with Crippen LogP contribution in [0.5, 0.6) is 0 Å². The van der Waals surface area contributed by atoms with Crippen LogP contribution in [0, 0.1) is 0 Å². The van der Waals surface area contributed by atoms with Crippen LogP contribution in [0.4, 0.5) is 11.5 Å². The molecule has 0 spiro atoms. The number of carbonyl (C=O) groups is 1. The molecule has 1 unspecified atom stereocenters. The molecule has 1 atom stereocenters. The van der Waals surface area contributed by atoms with Gasteiger partial charge in [-0.05, 0) is 25.1 Å². The number of anilines is 2. The minimum absolute atomic E-state index is 0.0420. The van der Waals surface area contributed by atoms with Gasteiger partial charge in [0.2, 0.25) is 0 Å². The van der Waals surface area contributed by atoms with Crippen LogP contribution in [0.25, 0.3) is 0 Å². The fourth-order valence-corrected chi connectivity index (χ4v) is 1.80. The van der Waals surface area contributed by atoms with Crippen LogP contribution >= 0.6 is 0 Å². The molecule has 6 heteroatoms. The SMILES string of the molecule is CC(Cc1ccco1)Nc1ncc(N)cc1C(N)=O. The summed E-state index contributed by atoms with van der Waals surface area (Å²) in [4.78, 5) is 15.4. The van der Waals surface area contributed by atoms with E-state index in [0.717, 1.165) is 5.76 Å². The third kappa shape index (κ3) is 3.25. The number of nitrogens with one attached hydrogen (secondary N) is 1. The van der Waals surface area contributed by atoms with Gasteiger partial charge < -0.3 is 21.2 Å². The standard InChI is InChI=1S/C13H16N4O2/c1-8(5-10-3-2-4-19-10)17-13-11(12(15)18)6-9(14)7-16-13/h2-4,6-8H,5,14H2,1H3,(H2,15,18)(H,16,17). The number of rotatable bonds is 5. The molecule has 0 fully saturated rings. The summed E-state index contributed by atoms with van der Waals surface area (Å²) < 4.78 is 5.27. The average molecular weight is 260 g/mol. The number of hydrogen-bond acceptors (Lipinski definition) is 5. The van der Waals surface area contributed by atoms with Gasteiger partial charge in [0.05, 0.1) is 23.7 Å². The van der Waals surface area contributed by atoms with Crippen LogP contribution in [0.1, 0.15) is 23.0 Å². The van der Waals surface area contributed by atoms with Crippen LogP contribution in [0.2, 0.25) is 0 Å². The molecule has 0 saturated heterocycles. The van der Waals surface area contributed by atoms with E-state index >= 15 is 0 Å². The predicted molar refractivity (Wildman–Crippen MR) is 72.7 cm³/mol. The molecule has 2 heterocycles. The fourth-order valence-electron chi connectivity index (χ4n) is 1.80. The van der Waals surface area contributed by atoms with Crippen molar-refractivity contribution in [1.29, 1.82) is 0 Å². The van der Waals surface area contributed by atoms with Gasteiger partial charge in [0, 0.05) is 12.5 Å². The lowest BCUT2D eigenvalue weighted by Gasteiger charge is -2.15. The van der Waals surface area contributed by atoms with E-state index in [1.807, 2.05) is 19.1 Å². The first-order valence-corrected chi connectivity index (χ1v) is 5.90. The lowest BCUT2D eigenvalue weighted by molar-refractivity contribution is 0.100. The third-order valence-corrected chi connectivity index (χ3v) is 2.64. The largest absolute Gasteiger partial charge is 0.469 e. The lowest BCUT2D eigenvalue weighted by atomic mass is 10.1. The maximum Gasteiger partial charge on any atom is 0.252 e. The highest BCUT2D eigenvalue weighted by Crippen LogP contribution is 2.17. The number of nitrogens with two attached hydrogens (primary N) is 2. The summed E-state index contributed by atoms with van der Waals surface area (Å²) >= 11 is 0. The van der Waals surface area contributed by atoms with E-state index in [9.17, 15) is 4.79 Å². The number of nitrogens with zero attached hydrogens (tertiary/aromatic N) is 1. The second-order valence-corrected chi connectivity index (χ2v) is 4.36. The Bertz CT molecular complexity index is 566. The summed E-state index contributed by atoms with van der Waals surface area (Å²) in [5, 5.41) is 3.13. The Labute approximate surface area is 110 Å². The second-order valence-electron chi connectivity index (χ2n) is 4.36. The molecular formula is C13H16N4O2. The van der Waals surface area contributed by atoms with E-state index in [-0.39, 0.29) is 11.6 Å². The van der Waals surface area contributed by atoms with Crippen molar-refractivity contribution >= 4 is 17.4 Å². The normalized spacial score (nSPS) is 12.1. The van der Waals surface area contributed by atoms with Gasteiger partial charge in [-0.2, -0.15) is 0 Å². The van der Waals surface area contributed by atoms with Gasteiger partial charge in [-0.15, -0.1) is 0 Å². The van der Waals surface area contributed by atoms with Crippen LogP contribution in [0.15, 0.2) is 35.1 Å². The summed E-state index contributed by atoms with van der Waals surface area (Å²) in [7, 11) is 0. The van der Waals surface area contributed by atoms with E-state index in [0.29, 0.717) is 17.9 Å². The van der Waals surface area contributed by atoms with Crippen molar-refractivity contribution in [3.8, 4) is 0 Å². The van der Waals surface area contributed by atoms with Crippen molar-refractivity contribution in [2.45, 2.75) is 19.4 Å². The van der Waals surface area contributed by atoms with Crippen molar-refractivity contribution in [3.63, 3.8) is 0 Å². The van der Waals surface area contributed by atoms with Gasteiger partial charge in [-0.25, -0.2) is 4.98 Å². The molecule has 0 aliphatic rings. The molecule has 2 aromatic rings. The number of aromatic nitrogens is 1. The number of primary amides is 1. The number of nitrogen functional groups attached to an aromatic ring is 1. The average Bonchev–Trinajstić information content (AvgIpc) is 2.83. The first-order chi connectivity index (χ1) is 9.06. The molecule has 0 aliphatic carbocycles. The molecule has 6 nitrogen and oxygen atoms in total. The highest BCUT2D eigenvalue weighted by atomic mass is 16.3. The van der Waals surface area contributed by atoms with Crippen LogP contribution in [0.3, 0.4) is 0 Å². The first kappa shape index (κ1) is 12.9. The predicted octanol–water partition coefficient (Wildman–Crippen LogP) is 1.40. The van der Waals surface area contributed by atoms with E-state index in [4.69, 9.17) is 15.9 Å². The zero-order valence-electron chi connectivity index (χ0n) is 10.6. The fraction of sp³-hybridized carbons (Fsp3) is 0.231. The van der Waals surface area contributed by atoms with E-state index in [1.165, 1.54) is 12.3 Å². The van der Waals surface area contributed by atoms with Crippen molar-refractivity contribution in [2.24, 2.45) is 5.73 Å². The zero-order chi connectivity index (χ0) is 13.8. The minimum Gasteiger partial charge on any atom is -0.469 e. The molecule has 2 aromatic heterocycles. The van der Waals surface area contributed by atoms with Crippen LogP contribution in [-0.4, -0.2) is 16.9 Å². The summed E-state index contributed by atoms with van der Waals surface area (Å²) in [5.74, 6) is 0.726. The summed E-state index contributed by atoms with van der Waals surface area (Å²) in [5.41, 5.74) is 11.6. The van der Waals surface area contributed by atoms with Gasteiger partial charge >= 0.3 is 0 Å². The smallest absolute Gasteiger partial charge is 0.252 e. The number of amides is 1. The zero-order valence-corrected chi connectivity index (χ0v) is 10.6. The Hall–Kier alpha value is -2.50. The molecular weight excluding hydrogens is 244 g/mol. The molecule has 19 heavy (non-hydrogen) atoms. The number of hydrogen-bond donors (Lipinski definition) is 3. The molecule has 0 bridgehead atoms. The molecule has 0 saturated carbocycles. The summed E-state index contributed by atoms with van der Waals surface area (Å²) in [6, 6.07) is 5.28. The Morgan fingerprint density at radius 1 is 1.58 bits per heavy atom. The first-order valence-electron chi connectivity index (χ1n) is 5.90. The number of pyridine rings is 1. The van der Waals surface area contributed by atoms with Crippen molar-refractivity contribution in [2.75, 3.05) is 11.1 Å².